The Morgan fingerprint density at radius 3 is 2.55 bits per heavy atom. The van der Waals surface area contributed by atoms with E-state index in [1.54, 1.807) is 7.11 Å². The van der Waals surface area contributed by atoms with Crippen LogP contribution in [0.15, 0.2) is 0 Å². The summed E-state index contributed by atoms with van der Waals surface area (Å²) in [5.41, 5.74) is -0.428. The third kappa shape index (κ3) is 9.28. The maximum Gasteiger partial charge on any atom is 0.306 e. The minimum absolute atomic E-state index is 0.155. The molecule has 0 amide bonds. The van der Waals surface area contributed by atoms with Crippen LogP contribution in [0.5, 0.6) is 0 Å². The number of esters is 1. The smallest absolute Gasteiger partial charge is 0.306 e. The van der Waals surface area contributed by atoms with E-state index in [2.05, 4.69) is 5.32 Å². The molecule has 0 aromatic rings. The first-order valence-electron chi connectivity index (χ1n) is 7.42. The molecular formula is C15H29NO4. The van der Waals surface area contributed by atoms with E-state index in [0.717, 1.165) is 6.54 Å². The lowest BCUT2D eigenvalue weighted by Crippen LogP contribution is -2.32. The summed E-state index contributed by atoms with van der Waals surface area (Å²) in [6.45, 7) is 8.16. The van der Waals surface area contributed by atoms with Gasteiger partial charge in [0.1, 0.15) is 5.60 Å². The van der Waals surface area contributed by atoms with Crippen molar-refractivity contribution in [2.75, 3.05) is 33.5 Å². The van der Waals surface area contributed by atoms with Crippen LogP contribution in [0.4, 0.5) is 0 Å². The van der Waals surface area contributed by atoms with Gasteiger partial charge in [-0.25, -0.2) is 0 Å². The quantitative estimate of drug-likeness (QED) is 0.490. The Bertz CT molecular complexity index is 284. The molecule has 0 radical (unpaired) electrons. The van der Waals surface area contributed by atoms with E-state index in [0.29, 0.717) is 32.3 Å². The summed E-state index contributed by atoms with van der Waals surface area (Å²) in [4.78, 5) is 11.9. The highest BCUT2D eigenvalue weighted by Gasteiger charge is 2.24. The number of hydrogen-bond acceptors (Lipinski definition) is 5. The van der Waals surface area contributed by atoms with Crippen molar-refractivity contribution < 1.29 is 19.0 Å². The molecule has 1 saturated carbocycles. The van der Waals surface area contributed by atoms with Gasteiger partial charge in [-0.3, -0.25) is 4.79 Å². The Balaban J connectivity index is 2.29. The molecule has 5 nitrogen and oxygen atoms in total. The van der Waals surface area contributed by atoms with E-state index in [1.165, 1.54) is 12.8 Å². The minimum Gasteiger partial charge on any atom is -0.460 e. The Morgan fingerprint density at radius 1 is 1.30 bits per heavy atom. The van der Waals surface area contributed by atoms with Gasteiger partial charge in [-0.05, 0) is 33.6 Å². The van der Waals surface area contributed by atoms with Gasteiger partial charge in [0.2, 0.25) is 0 Å². The Kier molecular flexibility index (Phi) is 7.48. The monoisotopic (exact) mass is 287 g/mol. The van der Waals surface area contributed by atoms with Crippen LogP contribution in [0.1, 0.15) is 40.0 Å². The van der Waals surface area contributed by atoms with Gasteiger partial charge in [0.15, 0.2) is 0 Å². The summed E-state index contributed by atoms with van der Waals surface area (Å²) in [7, 11) is 1.65. The second-order valence-electron chi connectivity index (χ2n) is 6.41. The van der Waals surface area contributed by atoms with Gasteiger partial charge in [0.25, 0.3) is 0 Å². The molecule has 5 heteroatoms. The van der Waals surface area contributed by atoms with Crippen LogP contribution in [0, 0.1) is 5.92 Å². The first-order chi connectivity index (χ1) is 9.40. The largest absolute Gasteiger partial charge is 0.460 e. The molecule has 0 unspecified atom stereocenters. The first-order valence-corrected chi connectivity index (χ1v) is 7.42. The zero-order chi connectivity index (χ0) is 15.0. The van der Waals surface area contributed by atoms with Crippen molar-refractivity contribution in [2.45, 2.75) is 51.7 Å². The molecule has 1 fully saturated rings. The van der Waals surface area contributed by atoms with Crippen LogP contribution in [-0.4, -0.2) is 51.1 Å². The number of nitrogens with one attached hydrogen (secondary N) is 1. The minimum atomic E-state index is -0.428. The Morgan fingerprint density at radius 2 is 2.00 bits per heavy atom. The van der Waals surface area contributed by atoms with Crippen molar-refractivity contribution in [3.8, 4) is 0 Å². The molecule has 0 aromatic carbocycles. The zero-order valence-electron chi connectivity index (χ0n) is 13.2. The van der Waals surface area contributed by atoms with Gasteiger partial charge < -0.3 is 19.5 Å². The van der Waals surface area contributed by atoms with E-state index in [9.17, 15) is 4.79 Å². The predicted octanol–water partition coefficient (Wildman–Crippen LogP) is 1.75. The Labute approximate surface area is 122 Å². The maximum absolute atomic E-state index is 11.9. The predicted molar refractivity (Wildman–Crippen MR) is 77.7 cm³/mol. The van der Waals surface area contributed by atoms with Gasteiger partial charge >= 0.3 is 5.97 Å². The van der Waals surface area contributed by atoms with E-state index in [1.807, 2.05) is 20.8 Å². The second-order valence-corrected chi connectivity index (χ2v) is 6.41. The van der Waals surface area contributed by atoms with E-state index >= 15 is 0 Å². The van der Waals surface area contributed by atoms with E-state index in [4.69, 9.17) is 14.2 Å². The third-order valence-corrected chi connectivity index (χ3v) is 2.93. The topological polar surface area (TPSA) is 56.8 Å². The zero-order valence-corrected chi connectivity index (χ0v) is 13.2. The molecule has 1 aliphatic rings. The second kappa shape index (κ2) is 8.60. The number of methoxy groups -OCH3 is 1. The molecule has 0 saturated heterocycles. The third-order valence-electron chi connectivity index (χ3n) is 2.93. The molecule has 0 aromatic heterocycles. The standard InChI is InChI=1S/C15H29NO4/c1-15(2,3)20-14(17)9-12(10-16-13-5-6-13)11-19-8-7-18-4/h12-13,16H,5-11H2,1-4H3/t12-/m1/s1. The summed E-state index contributed by atoms with van der Waals surface area (Å²) in [5.74, 6) is -0.00209. The van der Waals surface area contributed by atoms with Crippen LogP contribution in [0.2, 0.25) is 0 Å². The molecule has 0 aliphatic heterocycles. The molecular weight excluding hydrogens is 258 g/mol. The summed E-state index contributed by atoms with van der Waals surface area (Å²) in [6, 6.07) is 0.634. The van der Waals surface area contributed by atoms with Crippen LogP contribution in [0.25, 0.3) is 0 Å². The van der Waals surface area contributed by atoms with Gasteiger partial charge in [0.05, 0.1) is 26.2 Å². The molecule has 1 rings (SSSR count). The molecule has 1 N–H and O–H groups in total. The lowest BCUT2D eigenvalue weighted by atomic mass is 10.1. The van der Waals surface area contributed by atoms with Crippen LogP contribution >= 0.6 is 0 Å². The highest BCUT2D eigenvalue weighted by Crippen LogP contribution is 2.19. The van der Waals surface area contributed by atoms with Gasteiger partial charge in [-0.15, -0.1) is 0 Å². The van der Waals surface area contributed by atoms with Gasteiger partial charge in [0, 0.05) is 25.6 Å². The number of ether oxygens (including phenoxy) is 3. The summed E-state index contributed by atoms with van der Waals surface area (Å²) >= 11 is 0. The van der Waals surface area contributed by atoms with Crippen molar-refractivity contribution in [1.29, 1.82) is 0 Å². The van der Waals surface area contributed by atoms with Crippen LogP contribution in [-0.2, 0) is 19.0 Å². The fourth-order valence-corrected chi connectivity index (χ4v) is 1.82. The summed E-state index contributed by atoms with van der Waals surface area (Å²) in [5, 5.41) is 3.45. The fourth-order valence-electron chi connectivity index (χ4n) is 1.82. The number of carbonyl (C=O) groups is 1. The number of hydrogen-bond donors (Lipinski definition) is 1. The van der Waals surface area contributed by atoms with Crippen molar-refractivity contribution in [1.82, 2.24) is 5.32 Å². The summed E-state index contributed by atoms with van der Waals surface area (Å²) < 4.78 is 15.9. The van der Waals surface area contributed by atoms with Crippen molar-refractivity contribution in [3.63, 3.8) is 0 Å². The fraction of sp³-hybridized carbons (Fsp3) is 0.933. The van der Waals surface area contributed by atoms with Gasteiger partial charge in [-0.1, -0.05) is 0 Å². The molecule has 1 atom stereocenters. The van der Waals surface area contributed by atoms with E-state index < -0.39 is 5.60 Å². The SMILES string of the molecule is COCCOC[C@@H](CNC1CC1)CC(=O)OC(C)(C)C. The number of rotatable bonds is 10. The molecule has 1 aliphatic carbocycles. The van der Waals surface area contributed by atoms with E-state index in [-0.39, 0.29) is 11.9 Å². The van der Waals surface area contributed by atoms with Crippen molar-refractivity contribution in [3.05, 3.63) is 0 Å². The molecule has 0 heterocycles. The van der Waals surface area contributed by atoms with Crippen LogP contribution < -0.4 is 5.32 Å². The molecule has 20 heavy (non-hydrogen) atoms. The van der Waals surface area contributed by atoms with Crippen molar-refractivity contribution in [2.24, 2.45) is 5.92 Å². The first kappa shape index (κ1) is 17.4. The van der Waals surface area contributed by atoms with Crippen molar-refractivity contribution >= 4 is 5.97 Å². The Hall–Kier alpha value is -0.650. The average molecular weight is 287 g/mol. The average Bonchev–Trinajstić information content (AvgIpc) is 3.12. The highest BCUT2D eigenvalue weighted by atomic mass is 16.6. The summed E-state index contributed by atoms with van der Waals surface area (Å²) in [6.07, 6.45) is 2.87. The molecule has 0 spiro atoms. The highest BCUT2D eigenvalue weighted by molar-refractivity contribution is 5.70. The van der Waals surface area contributed by atoms with Gasteiger partial charge in [-0.2, -0.15) is 0 Å². The number of carbonyl (C=O) groups excluding carboxylic acids is 1. The van der Waals surface area contributed by atoms with Crippen LogP contribution in [0.3, 0.4) is 0 Å². The molecule has 0 bridgehead atoms. The lowest BCUT2D eigenvalue weighted by Gasteiger charge is -2.22. The maximum atomic E-state index is 11.9. The lowest BCUT2D eigenvalue weighted by molar-refractivity contribution is -0.156. The normalized spacial score (nSPS) is 17.0. The molecule has 118 valence electrons.